The lowest BCUT2D eigenvalue weighted by Gasteiger charge is -2.24. The van der Waals surface area contributed by atoms with Crippen LogP contribution < -0.4 is 10.1 Å². The van der Waals surface area contributed by atoms with Crippen LogP contribution in [0.2, 0.25) is 0 Å². The summed E-state index contributed by atoms with van der Waals surface area (Å²) in [4.78, 5) is 37.3. The number of ketones is 1. The summed E-state index contributed by atoms with van der Waals surface area (Å²) in [5, 5.41) is 2.92. The highest BCUT2D eigenvalue weighted by Crippen LogP contribution is 2.27. The third kappa shape index (κ3) is 4.48. The van der Waals surface area contributed by atoms with Gasteiger partial charge in [-0.25, -0.2) is 9.59 Å². The predicted molar refractivity (Wildman–Crippen MR) is 104 cm³/mol. The zero-order chi connectivity index (χ0) is 20.7. The largest absolute Gasteiger partial charge is 0.497 e. The van der Waals surface area contributed by atoms with Gasteiger partial charge in [0.25, 0.3) is 0 Å². The Hall–Kier alpha value is -2.93. The summed E-state index contributed by atoms with van der Waals surface area (Å²) >= 11 is 0. The van der Waals surface area contributed by atoms with Gasteiger partial charge in [-0.1, -0.05) is 24.3 Å². The molecule has 0 saturated heterocycles. The van der Waals surface area contributed by atoms with Crippen LogP contribution >= 0.6 is 0 Å². The maximum absolute atomic E-state index is 12.6. The second-order valence-corrected chi connectivity index (χ2v) is 6.16. The maximum atomic E-state index is 12.6. The molecule has 2 rings (SSSR count). The highest BCUT2D eigenvalue weighted by Gasteiger charge is 2.53. The van der Waals surface area contributed by atoms with Crippen LogP contribution in [0.3, 0.4) is 0 Å². The first-order valence-electron chi connectivity index (χ1n) is 9.06. The van der Waals surface area contributed by atoms with Crippen molar-refractivity contribution in [2.45, 2.75) is 32.4 Å². The molecule has 7 heteroatoms. The Morgan fingerprint density at radius 3 is 2.11 bits per heavy atom. The fourth-order valence-corrected chi connectivity index (χ4v) is 2.89. The number of benzene rings is 1. The SMILES string of the molecule is CCOC(=O)C1(C(=O)OCC)C=C(C(C)=O)[C@@H](C=Cc2ccc(OC)cc2)N1. The van der Waals surface area contributed by atoms with E-state index in [2.05, 4.69) is 5.32 Å². The van der Waals surface area contributed by atoms with Gasteiger partial charge in [0, 0.05) is 5.57 Å². The summed E-state index contributed by atoms with van der Waals surface area (Å²) < 4.78 is 15.3. The van der Waals surface area contributed by atoms with Crippen LogP contribution in [0.25, 0.3) is 6.08 Å². The van der Waals surface area contributed by atoms with E-state index in [1.165, 1.54) is 13.0 Å². The molecular weight excluding hydrogens is 362 g/mol. The molecule has 0 aromatic heterocycles. The van der Waals surface area contributed by atoms with Crippen molar-refractivity contribution in [1.82, 2.24) is 5.32 Å². The monoisotopic (exact) mass is 387 g/mol. The normalized spacial score (nSPS) is 17.9. The number of Topliss-reactive ketones (excluding diaryl/α,β-unsaturated/α-hetero) is 1. The Labute approximate surface area is 164 Å². The molecule has 7 nitrogen and oxygen atoms in total. The first kappa shape index (κ1) is 21.4. The van der Waals surface area contributed by atoms with Crippen LogP contribution in [0, 0.1) is 0 Å². The first-order chi connectivity index (χ1) is 13.4. The topological polar surface area (TPSA) is 90.9 Å². The minimum Gasteiger partial charge on any atom is -0.497 e. The fourth-order valence-electron chi connectivity index (χ4n) is 2.89. The van der Waals surface area contributed by atoms with Crippen molar-refractivity contribution in [2.24, 2.45) is 0 Å². The van der Waals surface area contributed by atoms with Gasteiger partial charge in [-0.05, 0) is 44.5 Å². The van der Waals surface area contributed by atoms with E-state index in [9.17, 15) is 14.4 Å². The van der Waals surface area contributed by atoms with Gasteiger partial charge in [0.1, 0.15) is 5.75 Å². The van der Waals surface area contributed by atoms with Crippen molar-refractivity contribution >= 4 is 23.8 Å². The summed E-state index contributed by atoms with van der Waals surface area (Å²) in [5.41, 5.74) is -0.678. The Bertz CT molecular complexity index is 776. The number of hydrogen-bond acceptors (Lipinski definition) is 7. The Balaban J connectivity index is 2.36. The van der Waals surface area contributed by atoms with Crippen molar-refractivity contribution < 1.29 is 28.6 Å². The Kier molecular flexibility index (Phi) is 7.12. The first-order valence-corrected chi connectivity index (χ1v) is 9.06. The number of carbonyl (C=O) groups excluding carboxylic acids is 3. The molecule has 0 unspecified atom stereocenters. The van der Waals surface area contributed by atoms with Crippen LogP contribution in [-0.2, 0) is 23.9 Å². The van der Waals surface area contributed by atoms with Crippen LogP contribution in [-0.4, -0.2) is 49.6 Å². The van der Waals surface area contributed by atoms with Crippen LogP contribution in [0.15, 0.2) is 42.0 Å². The lowest BCUT2D eigenvalue weighted by atomic mass is 9.99. The summed E-state index contributed by atoms with van der Waals surface area (Å²) in [5.74, 6) is -1.13. The molecule has 150 valence electrons. The molecule has 0 bridgehead atoms. The van der Waals surface area contributed by atoms with Gasteiger partial charge in [-0.2, -0.15) is 0 Å². The van der Waals surface area contributed by atoms with Gasteiger partial charge in [-0.15, -0.1) is 0 Å². The van der Waals surface area contributed by atoms with E-state index in [4.69, 9.17) is 14.2 Å². The molecule has 1 heterocycles. The van der Waals surface area contributed by atoms with Crippen LogP contribution in [0.5, 0.6) is 5.75 Å². The molecule has 0 amide bonds. The molecule has 28 heavy (non-hydrogen) atoms. The highest BCUT2D eigenvalue weighted by atomic mass is 16.6. The van der Waals surface area contributed by atoms with E-state index in [0.717, 1.165) is 11.3 Å². The van der Waals surface area contributed by atoms with E-state index in [1.54, 1.807) is 33.1 Å². The van der Waals surface area contributed by atoms with Gasteiger partial charge in [0.2, 0.25) is 5.54 Å². The van der Waals surface area contributed by atoms with Crippen LogP contribution in [0.1, 0.15) is 26.3 Å². The standard InChI is InChI=1S/C21H25NO6/c1-5-27-19(24)21(20(25)28-6-2)13-17(14(3)23)18(22-21)12-9-15-7-10-16(26-4)11-8-15/h7-13,18,22H,5-6H2,1-4H3/t18-/m1/s1. The number of rotatable bonds is 8. The van der Waals surface area contributed by atoms with E-state index < -0.39 is 23.5 Å². The summed E-state index contributed by atoms with van der Waals surface area (Å²) in [6.45, 7) is 4.85. The van der Waals surface area contributed by atoms with Crippen molar-refractivity contribution in [3.05, 3.63) is 47.6 Å². The zero-order valence-electron chi connectivity index (χ0n) is 16.5. The molecule has 1 aromatic carbocycles. The number of methoxy groups -OCH3 is 1. The van der Waals surface area contributed by atoms with E-state index >= 15 is 0 Å². The lowest BCUT2D eigenvalue weighted by molar-refractivity contribution is -0.162. The Morgan fingerprint density at radius 2 is 1.64 bits per heavy atom. The minimum atomic E-state index is -1.85. The van der Waals surface area contributed by atoms with Gasteiger partial charge in [-0.3, -0.25) is 10.1 Å². The van der Waals surface area contributed by atoms with E-state index in [0.29, 0.717) is 5.57 Å². The molecule has 0 radical (unpaired) electrons. The average molecular weight is 387 g/mol. The number of esters is 2. The fraction of sp³-hybridized carbons (Fsp3) is 0.381. The Morgan fingerprint density at radius 1 is 1.07 bits per heavy atom. The molecule has 1 aliphatic heterocycles. The second-order valence-electron chi connectivity index (χ2n) is 6.16. The van der Waals surface area contributed by atoms with Crippen molar-refractivity contribution in [2.75, 3.05) is 20.3 Å². The molecule has 0 fully saturated rings. The number of nitrogens with one attached hydrogen (secondary N) is 1. The number of ether oxygens (including phenoxy) is 3. The molecule has 1 N–H and O–H groups in total. The third-order valence-corrected chi connectivity index (χ3v) is 4.29. The molecule has 1 atom stereocenters. The third-order valence-electron chi connectivity index (χ3n) is 4.29. The molecule has 0 spiro atoms. The van der Waals surface area contributed by atoms with Gasteiger partial charge < -0.3 is 14.2 Å². The molecule has 1 aromatic rings. The zero-order valence-corrected chi connectivity index (χ0v) is 16.5. The van der Waals surface area contributed by atoms with Gasteiger partial charge in [0.15, 0.2) is 5.78 Å². The summed E-state index contributed by atoms with van der Waals surface area (Å²) in [7, 11) is 1.58. The highest BCUT2D eigenvalue weighted by molar-refractivity contribution is 6.11. The molecule has 1 aliphatic rings. The molecule has 0 aliphatic carbocycles. The smallest absolute Gasteiger partial charge is 0.342 e. The lowest BCUT2D eigenvalue weighted by Crippen LogP contribution is -2.57. The quantitative estimate of drug-likeness (QED) is 0.539. The van der Waals surface area contributed by atoms with Crippen LogP contribution in [0.4, 0.5) is 0 Å². The number of hydrogen-bond donors (Lipinski definition) is 1. The maximum Gasteiger partial charge on any atom is 0.342 e. The molecular formula is C21H25NO6. The minimum absolute atomic E-state index is 0.0945. The van der Waals surface area contributed by atoms with Crippen molar-refractivity contribution in [3.8, 4) is 5.75 Å². The van der Waals surface area contributed by atoms with Crippen molar-refractivity contribution in [3.63, 3.8) is 0 Å². The summed E-state index contributed by atoms with van der Waals surface area (Å²) in [6, 6.07) is 6.68. The second kappa shape index (κ2) is 9.32. The summed E-state index contributed by atoms with van der Waals surface area (Å²) in [6.07, 6.45) is 4.82. The van der Waals surface area contributed by atoms with E-state index in [-0.39, 0.29) is 19.0 Å². The average Bonchev–Trinajstić information content (AvgIpc) is 3.09. The predicted octanol–water partition coefficient (Wildman–Crippen LogP) is 2.06. The van der Waals surface area contributed by atoms with Gasteiger partial charge >= 0.3 is 11.9 Å². The molecule has 0 saturated carbocycles. The number of carbonyl (C=O) groups is 3. The van der Waals surface area contributed by atoms with Crippen molar-refractivity contribution in [1.29, 1.82) is 0 Å². The van der Waals surface area contributed by atoms with Gasteiger partial charge in [0.05, 0.1) is 26.4 Å². The van der Waals surface area contributed by atoms with E-state index in [1.807, 2.05) is 24.3 Å².